The lowest BCUT2D eigenvalue weighted by Crippen LogP contribution is -2.49. The molecular formula is C24H34FN7O2. The van der Waals surface area contributed by atoms with E-state index in [9.17, 15) is 14.0 Å². The first kappa shape index (κ1) is 24.3. The molecule has 0 aliphatic carbocycles. The number of likely N-dealkylation sites (N-methyl/N-ethyl adjacent to an activating group) is 1. The molecule has 2 saturated heterocycles. The fourth-order valence-electron chi connectivity index (χ4n) is 4.95. The predicted molar refractivity (Wildman–Crippen MR) is 124 cm³/mol. The SMILES string of the molecule is CCN1CCN(C(=O)CC2CCN(C(=O)C(Cc3cccc(F)c3)n3nnnc3C)CC2)CC1. The molecule has 4 rings (SSSR count). The van der Waals surface area contributed by atoms with Crippen molar-refractivity contribution < 1.29 is 14.0 Å². The molecule has 2 aliphatic heterocycles. The number of likely N-dealkylation sites (tertiary alicyclic amines) is 1. The number of tetrazole rings is 1. The molecule has 0 radical (unpaired) electrons. The van der Waals surface area contributed by atoms with Gasteiger partial charge in [0.1, 0.15) is 17.7 Å². The minimum Gasteiger partial charge on any atom is -0.341 e. The standard InChI is InChI=1S/C24H34FN7O2/c1-3-29-11-13-30(14-12-29)23(33)17-19-7-9-31(10-8-19)24(34)22(32-18(2)26-27-28-32)16-20-5-4-6-21(25)15-20/h4-6,15,19,22H,3,7-14,16-17H2,1-2H3. The molecule has 1 unspecified atom stereocenters. The highest BCUT2D eigenvalue weighted by Gasteiger charge is 2.32. The van der Waals surface area contributed by atoms with Gasteiger partial charge in [-0.15, -0.1) is 5.10 Å². The Balaban J connectivity index is 1.35. The molecule has 1 aromatic carbocycles. The van der Waals surface area contributed by atoms with E-state index in [-0.39, 0.29) is 23.5 Å². The lowest BCUT2D eigenvalue weighted by Gasteiger charge is -2.37. The lowest BCUT2D eigenvalue weighted by molar-refractivity contribution is -0.137. The third-order valence-corrected chi connectivity index (χ3v) is 7.12. The summed E-state index contributed by atoms with van der Waals surface area (Å²) in [6.07, 6.45) is 2.46. The van der Waals surface area contributed by atoms with Gasteiger partial charge in [0.25, 0.3) is 0 Å². The zero-order valence-corrected chi connectivity index (χ0v) is 20.1. The number of piperazine rings is 1. The van der Waals surface area contributed by atoms with Crippen molar-refractivity contribution in [2.45, 2.75) is 45.6 Å². The number of benzene rings is 1. The number of nitrogens with zero attached hydrogens (tertiary/aromatic N) is 7. The fourth-order valence-corrected chi connectivity index (χ4v) is 4.95. The molecule has 0 saturated carbocycles. The summed E-state index contributed by atoms with van der Waals surface area (Å²) in [5.41, 5.74) is 0.719. The molecule has 1 aromatic heterocycles. The number of hydrogen-bond donors (Lipinski definition) is 0. The number of carbonyl (C=O) groups excluding carboxylic acids is 2. The number of halogens is 1. The summed E-state index contributed by atoms with van der Waals surface area (Å²) in [6.45, 7) is 9.62. The molecule has 2 aliphatic rings. The number of piperidine rings is 1. The number of hydrogen-bond acceptors (Lipinski definition) is 6. The Morgan fingerprint density at radius 1 is 1.09 bits per heavy atom. The summed E-state index contributed by atoms with van der Waals surface area (Å²) in [4.78, 5) is 32.5. The fraction of sp³-hybridized carbons (Fsp3) is 0.625. The Kier molecular flexibility index (Phi) is 7.87. The quantitative estimate of drug-likeness (QED) is 0.611. The summed E-state index contributed by atoms with van der Waals surface area (Å²) in [7, 11) is 0. The van der Waals surface area contributed by atoms with E-state index < -0.39 is 6.04 Å². The largest absolute Gasteiger partial charge is 0.341 e. The van der Waals surface area contributed by atoms with E-state index in [4.69, 9.17) is 0 Å². The summed E-state index contributed by atoms with van der Waals surface area (Å²) in [5.74, 6) is 0.656. The van der Waals surface area contributed by atoms with Gasteiger partial charge in [0, 0.05) is 52.1 Å². The summed E-state index contributed by atoms with van der Waals surface area (Å²) in [5, 5.41) is 11.7. The van der Waals surface area contributed by atoms with Crippen molar-refractivity contribution >= 4 is 11.8 Å². The second-order valence-corrected chi connectivity index (χ2v) is 9.31. The first-order valence-corrected chi connectivity index (χ1v) is 12.2. The molecule has 9 nitrogen and oxygen atoms in total. The van der Waals surface area contributed by atoms with E-state index in [1.54, 1.807) is 19.1 Å². The van der Waals surface area contributed by atoms with Crippen LogP contribution in [0, 0.1) is 18.7 Å². The van der Waals surface area contributed by atoms with Crippen molar-refractivity contribution in [2.24, 2.45) is 5.92 Å². The zero-order chi connectivity index (χ0) is 24.1. The van der Waals surface area contributed by atoms with Crippen LogP contribution in [-0.2, 0) is 16.0 Å². The van der Waals surface area contributed by atoms with Crippen LogP contribution in [0.2, 0.25) is 0 Å². The van der Waals surface area contributed by atoms with Gasteiger partial charge in [0.2, 0.25) is 11.8 Å². The zero-order valence-electron chi connectivity index (χ0n) is 20.1. The molecule has 34 heavy (non-hydrogen) atoms. The minimum absolute atomic E-state index is 0.0693. The highest BCUT2D eigenvalue weighted by Crippen LogP contribution is 2.25. The van der Waals surface area contributed by atoms with E-state index in [0.29, 0.717) is 31.8 Å². The average Bonchev–Trinajstić information content (AvgIpc) is 3.28. The Labute approximate surface area is 199 Å². The molecular weight excluding hydrogens is 437 g/mol. The smallest absolute Gasteiger partial charge is 0.247 e. The van der Waals surface area contributed by atoms with Crippen molar-refractivity contribution in [2.75, 3.05) is 45.8 Å². The monoisotopic (exact) mass is 471 g/mol. The maximum absolute atomic E-state index is 13.7. The second kappa shape index (κ2) is 11.0. The van der Waals surface area contributed by atoms with Gasteiger partial charge in [-0.25, -0.2) is 9.07 Å². The minimum atomic E-state index is -0.634. The van der Waals surface area contributed by atoms with E-state index in [1.807, 2.05) is 9.80 Å². The Hall–Kier alpha value is -2.88. The Morgan fingerprint density at radius 2 is 1.82 bits per heavy atom. The van der Waals surface area contributed by atoms with Crippen molar-refractivity contribution in [3.05, 3.63) is 41.5 Å². The number of carbonyl (C=O) groups is 2. The highest BCUT2D eigenvalue weighted by atomic mass is 19.1. The Morgan fingerprint density at radius 3 is 2.44 bits per heavy atom. The van der Waals surface area contributed by atoms with Crippen LogP contribution in [0.5, 0.6) is 0 Å². The second-order valence-electron chi connectivity index (χ2n) is 9.31. The molecule has 2 aromatic rings. The third-order valence-electron chi connectivity index (χ3n) is 7.12. The molecule has 10 heteroatoms. The van der Waals surface area contributed by atoms with Crippen molar-refractivity contribution in [1.29, 1.82) is 0 Å². The van der Waals surface area contributed by atoms with Crippen LogP contribution in [0.4, 0.5) is 4.39 Å². The normalized spacial score (nSPS) is 18.8. The first-order chi connectivity index (χ1) is 16.4. The van der Waals surface area contributed by atoms with Gasteiger partial charge in [0.15, 0.2) is 0 Å². The van der Waals surface area contributed by atoms with Crippen LogP contribution in [-0.4, -0.2) is 92.5 Å². The highest BCUT2D eigenvalue weighted by molar-refractivity contribution is 5.81. The maximum Gasteiger partial charge on any atom is 0.247 e. The van der Waals surface area contributed by atoms with Crippen molar-refractivity contribution in [3.8, 4) is 0 Å². The number of aryl methyl sites for hydroxylation is 1. The molecule has 3 heterocycles. The van der Waals surface area contributed by atoms with Crippen LogP contribution in [0.15, 0.2) is 24.3 Å². The van der Waals surface area contributed by atoms with Crippen LogP contribution >= 0.6 is 0 Å². The van der Waals surface area contributed by atoms with Crippen LogP contribution < -0.4 is 0 Å². The Bertz CT molecular complexity index is 981. The summed E-state index contributed by atoms with van der Waals surface area (Å²) < 4.78 is 15.3. The van der Waals surface area contributed by atoms with Gasteiger partial charge >= 0.3 is 0 Å². The van der Waals surface area contributed by atoms with Gasteiger partial charge in [-0.05, 0) is 60.4 Å². The van der Waals surface area contributed by atoms with Gasteiger partial charge in [0.05, 0.1) is 0 Å². The molecule has 0 bridgehead atoms. The van der Waals surface area contributed by atoms with Gasteiger partial charge in [-0.3, -0.25) is 9.59 Å². The van der Waals surface area contributed by atoms with Gasteiger partial charge < -0.3 is 14.7 Å². The van der Waals surface area contributed by atoms with Crippen LogP contribution in [0.1, 0.15) is 43.6 Å². The molecule has 1 atom stereocenters. The van der Waals surface area contributed by atoms with E-state index in [2.05, 4.69) is 27.3 Å². The molecule has 2 fully saturated rings. The average molecular weight is 472 g/mol. The third kappa shape index (κ3) is 5.78. The van der Waals surface area contributed by atoms with E-state index in [1.165, 1.54) is 16.8 Å². The first-order valence-electron chi connectivity index (χ1n) is 12.2. The van der Waals surface area contributed by atoms with Crippen LogP contribution in [0.25, 0.3) is 0 Å². The molecule has 0 spiro atoms. The van der Waals surface area contributed by atoms with Crippen LogP contribution in [0.3, 0.4) is 0 Å². The van der Waals surface area contributed by atoms with Gasteiger partial charge in [-0.2, -0.15) is 0 Å². The number of amides is 2. The lowest BCUT2D eigenvalue weighted by atomic mass is 9.92. The van der Waals surface area contributed by atoms with Gasteiger partial charge in [-0.1, -0.05) is 19.1 Å². The summed E-state index contributed by atoms with van der Waals surface area (Å²) in [6, 6.07) is 5.64. The van der Waals surface area contributed by atoms with E-state index in [0.717, 1.165) is 51.1 Å². The topological polar surface area (TPSA) is 87.5 Å². The van der Waals surface area contributed by atoms with Crippen molar-refractivity contribution in [3.63, 3.8) is 0 Å². The maximum atomic E-state index is 13.7. The predicted octanol–water partition coefficient (Wildman–Crippen LogP) is 1.70. The molecule has 2 amide bonds. The number of aromatic nitrogens is 4. The molecule has 184 valence electrons. The number of rotatable bonds is 7. The molecule has 0 N–H and O–H groups in total. The summed E-state index contributed by atoms with van der Waals surface area (Å²) >= 11 is 0. The van der Waals surface area contributed by atoms with E-state index >= 15 is 0 Å². The van der Waals surface area contributed by atoms with Crippen molar-refractivity contribution in [1.82, 2.24) is 34.9 Å².